The second-order valence-electron chi connectivity index (χ2n) is 6.27. The highest BCUT2D eigenvalue weighted by atomic mass is 16.5. The second-order valence-corrected chi connectivity index (χ2v) is 6.27. The Balaban J connectivity index is 1.71. The van der Waals surface area contributed by atoms with Gasteiger partial charge in [-0.3, -0.25) is 0 Å². The van der Waals surface area contributed by atoms with Gasteiger partial charge in [-0.1, -0.05) is 42.5 Å². The molecule has 0 saturated carbocycles. The van der Waals surface area contributed by atoms with Gasteiger partial charge in [-0.2, -0.15) is 0 Å². The van der Waals surface area contributed by atoms with Gasteiger partial charge in [0.05, 0.1) is 19.0 Å². The Labute approximate surface area is 147 Å². The summed E-state index contributed by atoms with van der Waals surface area (Å²) < 4.78 is 13.7. The molecule has 0 spiro atoms. The third kappa shape index (κ3) is 3.17. The molecule has 1 saturated heterocycles. The van der Waals surface area contributed by atoms with Crippen molar-refractivity contribution in [3.8, 4) is 5.75 Å². The van der Waals surface area contributed by atoms with Crippen LogP contribution in [0.5, 0.6) is 5.75 Å². The summed E-state index contributed by atoms with van der Waals surface area (Å²) in [6, 6.07) is 14.4. The molecule has 4 nitrogen and oxygen atoms in total. The molecule has 0 N–H and O–H groups in total. The lowest BCUT2D eigenvalue weighted by Crippen LogP contribution is -2.17. The van der Waals surface area contributed by atoms with Gasteiger partial charge in [0.25, 0.3) is 0 Å². The zero-order valence-electron chi connectivity index (χ0n) is 14.4. The van der Waals surface area contributed by atoms with Gasteiger partial charge >= 0.3 is 0 Å². The summed E-state index contributed by atoms with van der Waals surface area (Å²) in [6.45, 7) is 0.819. The van der Waals surface area contributed by atoms with Crippen molar-refractivity contribution in [2.75, 3.05) is 13.7 Å². The number of imidazole rings is 1. The van der Waals surface area contributed by atoms with Crippen LogP contribution in [0.3, 0.4) is 0 Å². The van der Waals surface area contributed by atoms with Crippen molar-refractivity contribution in [1.29, 1.82) is 0 Å². The van der Waals surface area contributed by atoms with E-state index in [4.69, 9.17) is 9.47 Å². The Bertz CT molecular complexity index is 878. The number of hydrogen-bond acceptors (Lipinski definition) is 3. The fraction of sp³-hybridized carbons (Fsp3) is 0.286. The van der Waals surface area contributed by atoms with E-state index < -0.39 is 0 Å². The molecule has 25 heavy (non-hydrogen) atoms. The molecule has 2 aromatic carbocycles. The summed E-state index contributed by atoms with van der Waals surface area (Å²) in [5.41, 5.74) is 4.12. The van der Waals surface area contributed by atoms with Gasteiger partial charge in [0.1, 0.15) is 11.7 Å². The van der Waals surface area contributed by atoms with Crippen LogP contribution in [0.15, 0.2) is 48.8 Å². The fourth-order valence-electron chi connectivity index (χ4n) is 3.36. The molecular formula is C21H22N2O2. The van der Waals surface area contributed by atoms with Crippen molar-refractivity contribution in [3.05, 3.63) is 59.9 Å². The van der Waals surface area contributed by atoms with Crippen LogP contribution in [0.4, 0.5) is 0 Å². The quantitative estimate of drug-likeness (QED) is 0.636. The Morgan fingerprint density at radius 2 is 2.00 bits per heavy atom. The number of methoxy groups -OCH3 is 1. The van der Waals surface area contributed by atoms with Gasteiger partial charge in [0, 0.05) is 12.2 Å². The number of ether oxygens (including phenoxy) is 2. The lowest BCUT2D eigenvalue weighted by molar-refractivity contribution is -0.0295. The van der Waals surface area contributed by atoms with Crippen molar-refractivity contribution in [1.82, 2.24) is 9.55 Å². The van der Waals surface area contributed by atoms with Crippen LogP contribution < -0.4 is 4.74 Å². The molecule has 0 bridgehead atoms. The van der Waals surface area contributed by atoms with Crippen LogP contribution in [-0.2, 0) is 4.74 Å². The van der Waals surface area contributed by atoms with E-state index in [1.807, 2.05) is 24.5 Å². The highest BCUT2D eigenvalue weighted by Crippen LogP contribution is 2.33. The minimum Gasteiger partial charge on any atom is -0.494 e. The number of rotatable bonds is 4. The zero-order chi connectivity index (χ0) is 17.1. The Hall–Kier alpha value is -2.59. The Kier molecular flexibility index (Phi) is 4.53. The van der Waals surface area contributed by atoms with E-state index in [-0.39, 0.29) is 6.23 Å². The molecule has 1 aliphatic rings. The molecule has 4 heteroatoms. The molecule has 128 valence electrons. The SMILES string of the molecule is COc1c(C=Cc2ccccc2)ccc2c1ncn2C1CCCCO1. The number of hydrogen-bond donors (Lipinski definition) is 0. The number of benzene rings is 2. The van der Waals surface area contributed by atoms with Crippen molar-refractivity contribution >= 4 is 23.2 Å². The predicted molar refractivity (Wildman–Crippen MR) is 100 cm³/mol. The number of nitrogens with zero attached hydrogens (tertiary/aromatic N) is 2. The van der Waals surface area contributed by atoms with Gasteiger partial charge in [-0.25, -0.2) is 4.98 Å². The third-order valence-electron chi connectivity index (χ3n) is 4.66. The van der Waals surface area contributed by atoms with E-state index in [0.29, 0.717) is 0 Å². The van der Waals surface area contributed by atoms with E-state index in [1.165, 1.54) is 6.42 Å². The average Bonchev–Trinajstić information content (AvgIpc) is 3.11. The molecule has 0 radical (unpaired) electrons. The summed E-state index contributed by atoms with van der Waals surface area (Å²) in [5.74, 6) is 0.805. The van der Waals surface area contributed by atoms with Crippen molar-refractivity contribution in [3.63, 3.8) is 0 Å². The number of fused-ring (bicyclic) bond motifs is 1. The zero-order valence-corrected chi connectivity index (χ0v) is 14.4. The minimum atomic E-state index is 0.0779. The first-order valence-corrected chi connectivity index (χ1v) is 8.75. The van der Waals surface area contributed by atoms with Gasteiger partial charge in [-0.15, -0.1) is 0 Å². The largest absolute Gasteiger partial charge is 0.494 e. The van der Waals surface area contributed by atoms with E-state index in [0.717, 1.165) is 47.4 Å². The predicted octanol–water partition coefficient (Wildman–Crippen LogP) is 4.91. The van der Waals surface area contributed by atoms with Gasteiger partial charge in [0.2, 0.25) is 0 Å². The molecule has 1 unspecified atom stereocenters. The summed E-state index contributed by atoms with van der Waals surface area (Å²) in [4.78, 5) is 4.60. The lowest BCUT2D eigenvalue weighted by atomic mass is 10.1. The molecule has 1 aliphatic heterocycles. The van der Waals surface area contributed by atoms with Crippen molar-refractivity contribution in [2.45, 2.75) is 25.5 Å². The molecule has 1 atom stereocenters. The van der Waals surface area contributed by atoms with Crippen molar-refractivity contribution in [2.24, 2.45) is 0 Å². The third-order valence-corrected chi connectivity index (χ3v) is 4.66. The smallest absolute Gasteiger partial charge is 0.153 e. The maximum atomic E-state index is 5.91. The number of aromatic nitrogens is 2. The summed E-state index contributed by atoms with van der Waals surface area (Å²) in [6.07, 6.45) is 9.47. The highest BCUT2D eigenvalue weighted by Gasteiger charge is 2.19. The Morgan fingerprint density at radius 1 is 1.12 bits per heavy atom. The average molecular weight is 334 g/mol. The van der Waals surface area contributed by atoms with Gasteiger partial charge in [0.15, 0.2) is 5.75 Å². The van der Waals surface area contributed by atoms with E-state index in [9.17, 15) is 0 Å². The lowest BCUT2D eigenvalue weighted by Gasteiger charge is -2.24. The van der Waals surface area contributed by atoms with Gasteiger partial charge in [-0.05, 0) is 37.0 Å². The Morgan fingerprint density at radius 3 is 2.76 bits per heavy atom. The molecule has 1 fully saturated rings. The van der Waals surface area contributed by atoms with Crippen LogP contribution in [0, 0.1) is 0 Å². The molecule has 0 amide bonds. The fourth-order valence-corrected chi connectivity index (χ4v) is 3.36. The summed E-state index contributed by atoms with van der Waals surface area (Å²) in [5, 5.41) is 0. The van der Waals surface area contributed by atoms with Gasteiger partial charge < -0.3 is 14.0 Å². The van der Waals surface area contributed by atoms with Crippen LogP contribution in [0.2, 0.25) is 0 Å². The molecule has 3 aromatic rings. The topological polar surface area (TPSA) is 36.3 Å². The van der Waals surface area contributed by atoms with E-state index in [2.05, 4.69) is 46.0 Å². The van der Waals surface area contributed by atoms with Crippen molar-refractivity contribution < 1.29 is 9.47 Å². The molecule has 2 heterocycles. The first-order valence-electron chi connectivity index (χ1n) is 8.75. The standard InChI is InChI=1S/C21H22N2O2/c1-24-21-17(11-10-16-7-3-2-4-8-16)12-13-18-20(21)22-15-23(18)19-9-5-6-14-25-19/h2-4,7-8,10-13,15,19H,5-6,9,14H2,1H3. The molecule has 4 rings (SSSR count). The van der Waals surface area contributed by atoms with Crippen LogP contribution in [0.1, 0.15) is 36.6 Å². The van der Waals surface area contributed by atoms with Crippen LogP contribution >= 0.6 is 0 Å². The van der Waals surface area contributed by atoms with E-state index in [1.54, 1.807) is 7.11 Å². The van der Waals surface area contributed by atoms with Crippen LogP contribution in [0.25, 0.3) is 23.2 Å². The maximum absolute atomic E-state index is 5.91. The summed E-state index contributed by atoms with van der Waals surface area (Å²) >= 11 is 0. The first-order chi connectivity index (χ1) is 12.4. The maximum Gasteiger partial charge on any atom is 0.153 e. The monoisotopic (exact) mass is 334 g/mol. The summed E-state index contributed by atoms with van der Waals surface area (Å²) in [7, 11) is 1.70. The minimum absolute atomic E-state index is 0.0779. The highest BCUT2D eigenvalue weighted by molar-refractivity contribution is 5.88. The molecule has 1 aromatic heterocycles. The van der Waals surface area contributed by atoms with Crippen LogP contribution in [-0.4, -0.2) is 23.3 Å². The molecular weight excluding hydrogens is 312 g/mol. The normalized spacial score (nSPS) is 18.0. The molecule has 0 aliphatic carbocycles. The first kappa shape index (κ1) is 15.9. The second kappa shape index (κ2) is 7.11. The van der Waals surface area contributed by atoms with E-state index >= 15 is 0 Å².